The Bertz CT molecular complexity index is 1110. The highest BCUT2D eigenvalue weighted by Gasteiger charge is 2.36. The Labute approximate surface area is 201 Å². The number of anilines is 1. The summed E-state index contributed by atoms with van der Waals surface area (Å²) in [7, 11) is 0. The largest absolute Gasteiger partial charge is 0.419 e. The van der Waals surface area contributed by atoms with Crippen molar-refractivity contribution in [3.8, 4) is 11.5 Å². The molecule has 0 aliphatic heterocycles. The molecule has 2 aromatic carbocycles. The van der Waals surface area contributed by atoms with E-state index < -0.39 is 0 Å². The maximum atomic E-state index is 13.1. The van der Waals surface area contributed by atoms with Gasteiger partial charge >= 0.3 is 0 Å². The van der Waals surface area contributed by atoms with Crippen LogP contribution in [0.2, 0.25) is 5.02 Å². The fourth-order valence-electron chi connectivity index (χ4n) is 3.28. The van der Waals surface area contributed by atoms with Crippen LogP contribution < -0.4 is 5.32 Å². The van der Waals surface area contributed by atoms with Crippen molar-refractivity contribution in [3.63, 3.8) is 0 Å². The van der Waals surface area contributed by atoms with Crippen molar-refractivity contribution in [3.05, 3.63) is 65.0 Å². The first-order chi connectivity index (χ1) is 15.9. The predicted octanol–water partition coefficient (Wildman–Crippen LogP) is 4.95. The van der Waals surface area contributed by atoms with E-state index in [2.05, 4.69) is 15.5 Å². The van der Waals surface area contributed by atoms with Gasteiger partial charge in [-0.05, 0) is 63.1 Å². The second kappa shape index (κ2) is 10.4. The van der Waals surface area contributed by atoms with Gasteiger partial charge in [0.05, 0.1) is 17.5 Å². The second-order valence-corrected chi connectivity index (χ2v) is 9.84. The maximum absolute atomic E-state index is 13.1. The van der Waals surface area contributed by atoms with E-state index >= 15 is 0 Å². The Morgan fingerprint density at radius 3 is 2.52 bits per heavy atom. The minimum Gasteiger partial charge on any atom is -0.419 e. The summed E-state index contributed by atoms with van der Waals surface area (Å²) < 4.78 is 5.79. The van der Waals surface area contributed by atoms with Crippen molar-refractivity contribution in [2.75, 3.05) is 11.1 Å². The highest BCUT2D eigenvalue weighted by molar-refractivity contribution is 8.01. The molecular weight excluding hydrogens is 460 g/mol. The molecule has 1 aliphatic rings. The Balaban J connectivity index is 1.33. The van der Waals surface area contributed by atoms with Gasteiger partial charge in [-0.3, -0.25) is 9.59 Å². The molecule has 0 saturated heterocycles. The van der Waals surface area contributed by atoms with E-state index in [0.717, 1.165) is 29.7 Å². The van der Waals surface area contributed by atoms with Gasteiger partial charge in [0.25, 0.3) is 0 Å². The van der Waals surface area contributed by atoms with Gasteiger partial charge in [-0.2, -0.15) is 0 Å². The van der Waals surface area contributed by atoms with Crippen LogP contribution in [0.4, 0.5) is 5.69 Å². The third kappa shape index (κ3) is 6.36. The van der Waals surface area contributed by atoms with Gasteiger partial charge in [0, 0.05) is 22.3 Å². The summed E-state index contributed by atoms with van der Waals surface area (Å²) in [6.45, 7) is 4.08. The first-order valence-corrected chi connectivity index (χ1v) is 12.2. The number of halogens is 1. The van der Waals surface area contributed by atoms with Crippen molar-refractivity contribution >= 4 is 40.9 Å². The third-order valence-electron chi connectivity index (χ3n) is 5.28. The van der Waals surface area contributed by atoms with E-state index in [-0.39, 0.29) is 35.4 Å². The molecule has 3 aromatic rings. The van der Waals surface area contributed by atoms with Crippen LogP contribution in [0, 0.1) is 6.92 Å². The molecule has 9 heteroatoms. The fraction of sp³-hybridized carbons (Fsp3) is 0.333. The molecule has 172 valence electrons. The van der Waals surface area contributed by atoms with Gasteiger partial charge in [-0.1, -0.05) is 29.3 Å². The minimum atomic E-state index is -0.368. The van der Waals surface area contributed by atoms with Crippen LogP contribution >= 0.6 is 23.4 Å². The lowest BCUT2D eigenvalue weighted by Crippen LogP contribution is -2.38. The Morgan fingerprint density at radius 2 is 1.85 bits per heavy atom. The van der Waals surface area contributed by atoms with Crippen LogP contribution in [0.5, 0.6) is 0 Å². The SMILES string of the molecule is Cc1ccc(NC(=O)CSC(C)C(=O)N(Cc2nnc(-c3ccc(Cl)cc3)o2)C2CC2)cc1. The Hall–Kier alpha value is -2.84. The minimum absolute atomic E-state index is 0.0307. The summed E-state index contributed by atoms with van der Waals surface area (Å²) in [5.41, 5.74) is 2.65. The highest BCUT2D eigenvalue weighted by Crippen LogP contribution is 2.31. The number of nitrogens with zero attached hydrogens (tertiary/aromatic N) is 3. The topological polar surface area (TPSA) is 88.3 Å². The van der Waals surface area contributed by atoms with Crippen molar-refractivity contribution in [2.24, 2.45) is 0 Å². The molecule has 0 spiro atoms. The maximum Gasteiger partial charge on any atom is 0.247 e. The number of hydrogen-bond donors (Lipinski definition) is 1. The fourth-order valence-corrected chi connectivity index (χ4v) is 4.16. The molecule has 1 fully saturated rings. The zero-order valence-electron chi connectivity index (χ0n) is 18.5. The van der Waals surface area contributed by atoms with Crippen LogP contribution in [-0.4, -0.2) is 44.0 Å². The quantitative estimate of drug-likeness (QED) is 0.462. The number of hydrogen-bond acceptors (Lipinski definition) is 6. The van der Waals surface area contributed by atoms with Gasteiger partial charge in [0.2, 0.25) is 23.6 Å². The molecule has 0 bridgehead atoms. The number of nitrogens with one attached hydrogen (secondary N) is 1. The monoisotopic (exact) mass is 484 g/mol. The van der Waals surface area contributed by atoms with Crippen molar-refractivity contribution in [1.82, 2.24) is 15.1 Å². The highest BCUT2D eigenvalue weighted by atomic mass is 35.5. The number of rotatable bonds is 9. The molecule has 1 N–H and O–H groups in total. The summed E-state index contributed by atoms with van der Waals surface area (Å²) in [6.07, 6.45) is 1.91. The van der Waals surface area contributed by atoms with Gasteiger partial charge < -0.3 is 14.6 Å². The number of aromatic nitrogens is 2. The van der Waals surface area contributed by atoms with Crippen LogP contribution in [0.1, 0.15) is 31.2 Å². The molecule has 1 heterocycles. The van der Waals surface area contributed by atoms with E-state index in [1.165, 1.54) is 11.8 Å². The molecular formula is C24H25ClN4O3S. The molecule has 1 saturated carbocycles. The third-order valence-corrected chi connectivity index (χ3v) is 6.66. The zero-order chi connectivity index (χ0) is 23.4. The van der Waals surface area contributed by atoms with Crippen LogP contribution in [0.15, 0.2) is 52.9 Å². The van der Waals surface area contributed by atoms with E-state index in [9.17, 15) is 9.59 Å². The number of amides is 2. The van der Waals surface area contributed by atoms with Crippen molar-refractivity contribution in [1.29, 1.82) is 0 Å². The van der Waals surface area contributed by atoms with Crippen LogP contribution in [0.25, 0.3) is 11.5 Å². The molecule has 33 heavy (non-hydrogen) atoms. The molecule has 1 unspecified atom stereocenters. The summed E-state index contributed by atoms with van der Waals surface area (Å²) >= 11 is 7.25. The molecule has 0 radical (unpaired) electrons. The van der Waals surface area contributed by atoms with Crippen LogP contribution in [0.3, 0.4) is 0 Å². The molecule has 1 aliphatic carbocycles. The average Bonchev–Trinajstić information content (AvgIpc) is 3.55. The van der Waals surface area contributed by atoms with Gasteiger partial charge in [0.15, 0.2) is 0 Å². The van der Waals surface area contributed by atoms with Gasteiger partial charge in [-0.25, -0.2) is 0 Å². The Kier molecular flexibility index (Phi) is 7.35. The first kappa shape index (κ1) is 23.3. The normalized spacial score (nSPS) is 14.0. The molecule has 2 amide bonds. The van der Waals surface area contributed by atoms with Crippen molar-refractivity contribution < 1.29 is 14.0 Å². The van der Waals surface area contributed by atoms with Gasteiger partial charge in [-0.15, -0.1) is 22.0 Å². The number of carbonyl (C=O) groups is 2. The summed E-state index contributed by atoms with van der Waals surface area (Å²) in [5.74, 6) is 0.804. The van der Waals surface area contributed by atoms with E-state index in [1.807, 2.05) is 50.2 Å². The lowest BCUT2D eigenvalue weighted by atomic mass is 10.2. The lowest BCUT2D eigenvalue weighted by Gasteiger charge is -2.24. The van der Waals surface area contributed by atoms with Crippen LogP contribution in [-0.2, 0) is 16.1 Å². The smallest absolute Gasteiger partial charge is 0.247 e. The molecule has 7 nitrogen and oxygen atoms in total. The number of benzene rings is 2. The number of thioether (sulfide) groups is 1. The van der Waals surface area contributed by atoms with E-state index in [1.54, 1.807) is 17.0 Å². The molecule has 1 atom stereocenters. The molecule has 1 aromatic heterocycles. The standard InChI is InChI=1S/C24H25ClN4O3S/c1-15-3-9-19(10-4-15)26-21(30)14-33-16(2)24(31)29(20-11-12-20)13-22-27-28-23(32-22)17-5-7-18(25)8-6-17/h3-10,16,20H,11-14H2,1-2H3,(H,26,30). The summed E-state index contributed by atoms with van der Waals surface area (Å²) in [5, 5.41) is 11.3. The van der Waals surface area contributed by atoms with Gasteiger partial charge in [0.1, 0.15) is 0 Å². The van der Waals surface area contributed by atoms with E-state index in [4.69, 9.17) is 16.0 Å². The number of carbonyl (C=O) groups excluding carboxylic acids is 2. The average molecular weight is 485 g/mol. The van der Waals surface area contributed by atoms with Crippen molar-refractivity contribution in [2.45, 2.75) is 44.5 Å². The predicted molar refractivity (Wildman–Crippen MR) is 130 cm³/mol. The van der Waals surface area contributed by atoms with E-state index in [0.29, 0.717) is 16.8 Å². The second-order valence-electron chi connectivity index (χ2n) is 8.07. The first-order valence-electron chi connectivity index (χ1n) is 10.8. The Morgan fingerprint density at radius 1 is 1.15 bits per heavy atom. The summed E-state index contributed by atoms with van der Waals surface area (Å²) in [6, 6.07) is 14.9. The molecule has 4 rings (SSSR count). The zero-order valence-corrected chi connectivity index (χ0v) is 20.0. The number of aryl methyl sites for hydroxylation is 1. The summed E-state index contributed by atoms with van der Waals surface area (Å²) in [4.78, 5) is 27.2. The lowest BCUT2D eigenvalue weighted by molar-refractivity contribution is -0.131.